The summed E-state index contributed by atoms with van der Waals surface area (Å²) in [6.45, 7) is -0.0209. The molecule has 0 spiro atoms. The SMILES string of the molecule is O=S(=O)(Nc1cc([C@@H](O)CN[C@H](CO)Cc2ccccc2)ccc1O)c1ccc(F)cc1. The maximum absolute atomic E-state index is 13.1. The number of benzene rings is 3. The van der Waals surface area contributed by atoms with Crippen LogP contribution in [-0.2, 0) is 16.4 Å². The molecule has 0 saturated heterocycles. The monoisotopic (exact) mass is 460 g/mol. The van der Waals surface area contributed by atoms with Crippen molar-refractivity contribution in [3.8, 4) is 5.75 Å². The Bertz CT molecular complexity index is 1120. The van der Waals surface area contributed by atoms with E-state index in [2.05, 4.69) is 10.0 Å². The standard InChI is InChI=1S/C23H25FN2O5S/c24-18-7-9-20(10-8-18)32(30,31)26-21-13-17(6-11-22(21)28)23(29)14-25-19(15-27)12-16-4-2-1-3-5-16/h1-11,13,19,23,25-29H,12,14-15H2/t19-,23-/m0/s1. The van der Waals surface area contributed by atoms with Crippen LogP contribution in [0.5, 0.6) is 5.75 Å². The summed E-state index contributed by atoms with van der Waals surface area (Å²) in [6, 6.07) is 17.7. The lowest BCUT2D eigenvalue weighted by Gasteiger charge is -2.20. The molecule has 3 aromatic rings. The van der Waals surface area contributed by atoms with Crippen LogP contribution >= 0.6 is 0 Å². The Hall–Kier alpha value is -2.98. The second-order valence-corrected chi connectivity index (χ2v) is 9.01. The second-order valence-electron chi connectivity index (χ2n) is 7.33. The highest BCUT2D eigenvalue weighted by molar-refractivity contribution is 7.92. The highest BCUT2D eigenvalue weighted by Crippen LogP contribution is 2.29. The van der Waals surface area contributed by atoms with E-state index in [1.807, 2.05) is 30.3 Å². The van der Waals surface area contributed by atoms with Gasteiger partial charge in [0.2, 0.25) is 0 Å². The fourth-order valence-corrected chi connectivity index (χ4v) is 4.22. The molecule has 9 heteroatoms. The molecular formula is C23H25FN2O5S. The minimum Gasteiger partial charge on any atom is -0.506 e. The topological polar surface area (TPSA) is 119 Å². The van der Waals surface area contributed by atoms with Crippen molar-refractivity contribution < 1.29 is 28.1 Å². The third-order valence-electron chi connectivity index (χ3n) is 4.92. The molecule has 32 heavy (non-hydrogen) atoms. The fourth-order valence-electron chi connectivity index (χ4n) is 3.16. The van der Waals surface area contributed by atoms with Crippen LogP contribution in [0.1, 0.15) is 17.2 Å². The molecule has 0 aliphatic carbocycles. The third-order valence-corrected chi connectivity index (χ3v) is 6.30. The molecule has 0 amide bonds. The molecule has 0 heterocycles. The summed E-state index contributed by atoms with van der Waals surface area (Å²) >= 11 is 0. The first kappa shape index (κ1) is 23.7. The van der Waals surface area contributed by atoms with Gasteiger partial charge in [-0.15, -0.1) is 0 Å². The average Bonchev–Trinajstić information content (AvgIpc) is 2.78. The summed E-state index contributed by atoms with van der Waals surface area (Å²) in [5, 5.41) is 33.3. The van der Waals surface area contributed by atoms with E-state index in [-0.39, 0.29) is 35.5 Å². The van der Waals surface area contributed by atoms with Gasteiger partial charge in [-0.05, 0) is 53.9 Å². The number of hydrogen-bond acceptors (Lipinski definition) is 6. The van der Waals surface area contributed by atoms with Crippen LogP contribution in [0.25, 0.3) is 0 Å². The van der Waals surface area contributed by atoms with Gasteiger partial charge in [0.05, 0.1) is 23.3 Å². The smallest absolute Gasteiger partial charge is 0.262 e. The lowest BCUT2D eigenvalue weighted by atomic mass is 10.0. The van der Waals surface area contributed by atoms with Crippen molar-refractivity contribution in [3.05, 3.63) is 89.7 Å². The number of aliphatic hydroxyl groups excluding tert-OH is 2. The summed E-state index contributed by atoms with van der Waals surface area (Å²) < 4.78 is 40.4. The van der Waals surface area contributed by atoms with Crippen molar-refractivity contribution in [3.63, 3.8) is 0 Å². The second kappa shape index (κ2) is 10.6. The molecule has 3 rings (SSSR count). The molecule has 0 saturated carbocycles. The largest absolute Gasteiger partial charge is 0.506 e. The number of sulfonamides is 1. The highest BCUT2D eigenvalue weighted by Gasteiger charge is 2.19. The molecule has 7 nitrogen and oxygen atoms in total. The maximum Gasteiger partial charge on any atom is 0.262 e. The molecule has 0 aliphatic rings. The zero-order valence-corrected chi connectivity index (χ0v) is 18.0. The maximum atomic E-state index is 13.1. The van der Waals surface area contributed by atoms with Gasteiger partial charge in [-0.1, -0.05) is 36.4 Å². The Morgan fingerprint density at radius 3 is 2.31 bits per heavy atom. The zero-order valence-electron chi connectivity index (χ0n) is 17.1. The first-order chi connectivity index (χ1) is 15.3. The van der Waals surface area contributed by atoms with Crippen molar-refractivity contribution in [1.82, 2.24) is 5.32 Å². The number of nitrogens with one attached hydrogen (secondary N) is 2. The van der Waals surface area contributed by atoms with Crippen LogP contribution in [0.4, 0.5) is 10.1 Å². The van der Waals surface area contributed by atoms with Gasteiger partial charge >= 0.3 is 0 Å². The number of phenolic OH excluding ortho intramolecular Hbond substituents is 1. The first-order valence-corrected chi connectivity index (χ1v) is 11.4. The van der Waals surface area contributed by atoms with Crippen molar-refractivity contribution in [2.75, 3.05) is 17.9 Å². The van der Waals surface area contributed by atoms with Crippen molar-refractivity contribution >= 4 is 15.7 Å². The normalized spacial score (nSPS) is 13.5. The molecule has 3 aromatic carbocycles. The fraction of sp³-hybridized carbons (Fsp3) is 0.217. The lowest BCUT2D eigenvalue weighted by Crippen LogP contribution is -2.37. The summed E-state index contributed by atoms with van der Waals surface area (Å²) in [6.07, 6.45) is -0.447. The molecular weight excluding hydrogens is 435 g/mol. The first-order valence-electron chi connectivity index (χ1n) is 9.96. The van der Waals surface area contributed by atoms with Crippen molar-refractivity contribution in [2.24, 2.45) is 0 Å². The van der Waals surface area contributed by atoms with Gasteiger partial charge in [0.15, 0.2) is 0 Å². The number of halogens is 1. The van der Waals surface area contributed by atoms with Crippen LogP contribution in [0.3, 0.4) is 0 Å². The quantitative estimate of drug-likeness (QED) is 0.297. The minimum atomic E-state index is -4.07. The number of anilines is 1. The lowest BCUT2D eigenvalue weighted by molar-refractivity contribution is 0.158. The van der Waals surface area contributed by atoms with Gasteiger partial charge in [0.1, 0.15) is 11.6 Å². The molecule has 0 unspecified atom stereocenters. The average molecular weight is 461 g/mol. The predicted molar refractivity (Wildman–Crippen MR) is 119 cm³/mol. The predicted octanol–water partition coefficient (Wildman–Crippen LogP) is 2.56. The Kier molecular flexibility index (Phi) is 7.81. The van der Waals surface area contributed by atoms with Gasteiger partial charge < -0.3 is 20.6 Å². The number of aliphatic hydroxyl groups is 2. The summed E-state index contributed by atoms with van der Waals surface area (Å²) in [5.41, 5.74) is 1.29. The summed E-state index contributed by atoms with van der Waals surface area (Å²) in [7, 11) is -4.07. The van der Waals surface area contributed by atoms with Gasteiger partial charge in [-0.25, -0.2) is 12.8 Å². The molecule has 0 fully saturated rings. The number of rotatable bonds is 10. The van der Waals surface area contributed by atoms with Crippen LogP contribution in [0, 0.1) is 5.82 Å². The van der Waals surface area contributed by atoms with Gasteiger partial charge in [-0.2, -0.15) is 0 Å². The van der Waals surface area contributed by atoms with E-state index in [0.717, 1.165) is 29.8 Å². The minimum absolute atomic E-state index is 0.104. The molecule has 5 N–H and O–H groups in total. The van der Waals surface area contributed by atoms with Gasteiger partial charge in [0, 0.05) is 12.6 Å². The van der Waals surface area contributed by atoms with E-state index in [1.54, 1.807) is 0 Å². The molecule has 170 valence electrons. The number of hydrogen-bond donors (Lipinski definition) is 5. The van der Waals surface area contributed by atoms with Crippen molar-refractivity contribution in [1.29, 1.82) is 0 Å². The molecule has 0 aromatic heterocycles. The highest BCUT2D eigenvalue weighted by atomic mass is 32.2. The van der Waals surface area contributed by atoms with Crippen LogP contribution in [0.2, 0.25) is 0 Å². The molecule has 0 radical (unpaired) electrons. The van der Waals surface area contributed by atoms with E-state index in [9.17, 15) is 28.1 Å². The summed E-state index contributed by atoms with van der Waals surface area (Å²) in [5.74, 6) is -0.894. The zero-order chi connectivity index (χ0) is 23.1. The van der Waals surface area contributed by atoms with E-state index in [1.165, 1.54) is 18.2 Å². The number of phenols is 1. The Balaban J connectivity index is 1.68. The van der Waals surface area contributed by atoms with Crippen LogP contribution < -0.4 is 10.0 Å². The van der Waals surface area contributed by atoms with E-state index in [0.29, 0.717) is 12.0 Å². The van der Waals surface area contributed by atoms with Crippen LogP contribution in [-0.4, -0.2) is 42.9 Å². The van der Waals surface area contributed by atoms with Gasteiger partial charge in [0.25, 0.3) is 10.0 Å². The van der Waals surface area contributed by atoms with E-state index < -0.39 is 21.9 Å². The Labute approximate surface area is 186 Å². The van der Waals surface area contributed by atoms with Crippen molar-refractivity contribution in [2.45, 2.75) is 23.5 Å². The van der Waals surface area contributed by atoms with E-state index >= 15 is 0 Å². The third kappa shape index (κ3) is 6.27. The van der Waals surface area contributed by atoms with E-state index in [4.69, 9.17) is 0 Å². The van der Waals surface area contributed by atoms with Crippen LogP contribution in [0.15, 0.2) is 77.7 Å². The number of aromatic hydroxyl groups is 1. The van der Waals surface area contributed by atoms with Gasteiger partial charge in [-0.3, -0.25) is 4.72 Å². The molecule has 0 bridgehead atoms. The summed E-state index contributed by atoms with van der Waals surface area (Å²) in [4.78, 5) is -0.169. The molecule has 0 aliphatic heterocycles. The molecule has 2 atom stereocenters. The Morgan fingerprint density at radius 1 is 0.969 bits per heavy atom. The Morgan fingerprint density at radius 2 is 1.66 bits per heavy atom.